The minimum absolute atomic E-state index is 0.270. The molecule has 2 aromatic carbocycles. The summed E-state index contributed by atoms with van der Waals surface area (Å²) >= 11 is 1.15. The molecule has 0 amide bonds. The Hall–Kier alpha value is -2.35. The maximum atomic E-state index is 12.5. The van der Waals surface area contributed by atoms with Gasteiger partial charge in [-0.2, -0.15) is 0 Å². The Balaban J connectivity index is 1.88. The van der Waals surface area contributed by atoms with Crippen molar-refractivity contribution in [3.8, 4) is 0 Å². The molecule has 0 aromatic heterocycles. The van der Waals surface area contributed by atoms with Gasteiger partial charge in [0.15, 0.2) is 6.10 Å². The van der Waals surface area contributed by atoms with Crippen molar-refractivity contribution < 1.29 is 24.5 Å². The molecule has 3 unspecified atom stereocenters. The van der Waals surface area contributed by atoms with E-state index in [0.29, 0.717) is 6.54 Å². The molecule has 6 nitrogen and oxygen atoms in total. The molecule has 2 aromatic rings. The predicted molar refractivity (Wildman–Crippen MR) is 151 cm³/mol. The Morgan fingerprint density at radius 2 is 1.49 bits per heavy atom. The van der Waals surface area contributed by atoms with E-state index in [1.54, 1.807) is 6.92 Å². The Bertz CT molecular complexity index is 937. The Labute approximate surface area is 226 Å². The first-order valence-electron chi connectivity index (χ1n) is 13.3. The van der Waals surface area contributed by atoms with E-state index >= 15 is 0 Å². The molecule has 0 fully saturated rings. The number of ether oxygens (including phenoxy) is 1. The lowest BCUT2D eigenvalue weighted by molar-refractivity contribution is -0.147. The summed E-state index contributed by atoms with van der Waals surface area (Å²) < 4.78 is 5.34. The zero-order valence-corrected chi connectivity index (χ0v) is 23.3. The summed E-state index contributed by atoms with van der Waals surface area (Å²) in [4.78, 5) is 26.1. The zero-order chi connectivity index (χ0) is 27.0. The molecule has 2 N–H and O–H groups in total. The summed E-state index contributed by atoms with van der Waals surface area (Å²) in [6, 6.07) is 18.2. The smallest absolute Gasteiger partial charge is 0.334 e. The molecule has 0 radical (unpaired) electrons. The van der Waals surface area contributed by atoms with Crippen molar-refractivity contribution in [3.63, 3.8) is 0 Å². The lowest BCUT2D eigenvalue weighted by Gasteiger charge is -2.25. The van der Waals surface area contributed by atoms with E-state index < -0.39 is 28.5 Å². The lowest BCUT2D eigenvalue weighted by Crippen LogP contribution is -2.30. The summed E-state index contributed by atoms with van der Waals surface area (Å²) in [5, 5.41) is 18.7. The van der Waals surface area contributed by atoms with Crippen molar-refractivity contribution in [1.29, 1.82) is 0 Å². The van der Waals surface area contributed by atoms with Gasteiger partial charge in [-0.05, 0) is 63.4 Å². The number of aliphatic hydroxyl groups is 1. The third-order valence-electron chi connectivity index (χ3n) is 6.37. The highest BCUT2D eigenvalue weighted by Crippen LogP contribution is 2.38. The van der Waals surface area contributed by atoms with Gasteiger partial charge in [0, 0.05) is 6.54 Å². The quantitative estimate of drug-likeness (QED) is 0.194. The fourth-order valence-electron chi connectivity index (χ4n) is 4.20. The number of rotatable bonds is 18. The monoisotopic (exact) mass is 529 g/mol. The van der Waals surface area contributed by atoms with Gasteiger partial charge in [0.2, 0.25) is 0 Å². The molecule has 0 spiro atoms. The fourth-order valence-corrected chi connectivity index (χ4v) is 5.47. The molecule has 0 aliphatic carbocycles. The summed E-state index contributed by atoms with van der Waals surface area (Å²) in [5.41, 5.74) is 3.20. The number of carboxylic acids is 1. The molecule has 0 bridgehead atoms. The first-order chi connectivity index (χ1) is 17.8. The molecule has 0 aliphatic rings. The largest absolute Gasteiger partial charge is 0.479 e. The van der Waals surface area contributed by atoms with Crippen LogP contribution >= 0.6 is 11.8 Å². The Kier molecular flexibility index (Phi) is 14.4. The van der Waals surface area contributed by atoms with E-state index in [1.807, 2.05) is 49.3 Å². The van der Waals surface area contributed by atoms with Gasteiger partial charge in [0.05, 0.1) is 5.25 Å². The number of unbranched alkanes of at least 4 members (excludes halogenated alkanes) is 5. The van der Waals surface area contributed by atoms with Crippen LogP contribution in [0.3, 0.4) is 0 Å². The van der Waals surface area contributed by atoms with Gasteiger partial charge in [-0.1, -0.05) is 80.3 Å². The summed E-state index contributed by atoms with van der Waals surface area (Å²) in [5.74, 6) is -1.70. The van der Waals surface area contributed by atoms with E-state index in [1.165, 1.54) is 31.2 Å². The molecule has 2 rings (SSSR count). The number of likely N-dealkylation sites (N-methyl/N-ethyl adjacent to an activating group) is 1. The highest BCUT2D eigenvalue weighted by atomic mass is 32.2. The maximum absolute atomic E-state index is 12.5. The fraction of sp³-hybridized carbons (Fsp3) is 0.533. The van der Waals surface area contributed by atoms with Crippen molar-refractivity contribution in [3.05, 3.63) is 71.3 Å². The van der Waals surface area contributed by atoms with E-state index in [0.717, 1.165) is 48.6 Å². The first-order valence-corrected chi connectivity index (χ1v) is 14.2. The van der Waals surface area contributed by atoms with E-state index in [4.69, 9.17) is 4.74 Å². The average molecular weight is 530 g/mol. The summed E-state index contributed by atoms with van der Waals surface area (Å²) in [7, 11) is 3.79. The number of aryl methyl sites for hydroxylation is 2. The Morgan fingerprint density at radius 3 is 2.14 bits per heavy atom. The van der Waals surface area contributed by atoms with Gasteiger partial charge in [-0.15, -0.1) is 11.8 Å². The Morgan fingerprint density at radius 1 is 0.892 bits per heavy atom. The second-order valence-electron chi connectivity index (χ2n) is 9.76. The van der Waals surface area contributed by atoms with E-state index in [2.05, 4.69) is 24.3 Å². The number of aliphatic hydroxyl groups excluding tert-OH is 1. The van der Waals surface area contributed by atoms with Gasteiger partial charge in [-0.25, -0.2) is 4.79 Å². The van der Waals surface area contributed by atoms with Crippen LogP contribution in [-0.4, -0.2) is 65.7 Å². The van der Waals surface area contributed by atoms with Crippen LogP contribution in [0.2, 0.25) is 0 Å². The molecule has 0 aliphatic heterocycles. The number of carbonyl (C=O) groups excluding carboxylic acids is 1. The summed E-state index contributed by atoms with van der Waals surface area (Å²) in [6.07, 6.45) is 7.22. The van der Waals surface area contributed by atoms with Gasteiger partial charge >= 0.3 is 11.9 Å². The van der Waals surface area contributed by atoms with Crippen molar-refractivity contribution in [2.75, 3.05) is 27.2 Å². The molecule has 3 atom stereocenters. The highest BCUT2D eigenvalue weighted by Gasteiger charge is 2.33. The third-order valence-corrected chi connectivity index (χ3v) is 7.78. The maximum Gasteiger partial charge on any atom is 0.334 e. The molecule has 0 saturated heterocycles. The molecule has 7 heteroatoms. The second kappa shape index (κ2) is 17.2. The van der Waals surface area contributed by atoms with Crippen LogP contribution in [-0.2, 0) is 27.2 Å². The van der Waals surface area contributed by atoms with Crippen LogP contribution in [0.15, 0.2) is 54.6 Å². The minimum atomic E-state index is -1.62. The number of nitrogens with zero attached hydrogens (tertiary/aromatic N) is 1. The average Bonchev–Trinajstić information content (AvgIpc) is 2.88. The number of benzene rings is 2. The van der Waals surface area contributed by atoms with Crippen LogP contribution in [0, 0.1) is 0 Å². The van der Waals surface area contributed by atoms with E-state index in [-0.39, 0.29) is 6.61 Å². The molecular formula is C30H43NO5S. The highest BCUT2D eigenvalue weighted by molar-refractivity contribution is 8.00. The molecule has 204 valence electrons. The van der Waals surface area contributed by atoms with Crippen LogP contribution in [0.25, 0.3) is 0 Å². The van der Waals surface area contributed by atoms with Crippen LogP contribution in [0.5, 0.6) is 0 Å². The zero-order valence-electron chi connectivity index (χ0n) is 22.5. The number of hydrogen-bond donors (Lipinski definition) is 2. The SMILES string of the molecule is CC(SC(c1ccccc1CCCCCCCCc1ccccc1)C(O)C(=O)O)C(=O)OCCN(C)C. The number of esters is 1. The van der Waals surface area contributed by atoms with Crippen molar-refractivity contribution in [1.82, 2.24) is 4.90 Å². The van der Waals surface area contributed by atoms with Crippen LogP contribution in [0.1, 0.15) is 67.4 Å². The second-order valence-corrected chi connectivity index (χ2v) is 11.2. The number of thioether (sulfide) groups is 1. The molecule has 37 heavy (non-hydrogen) atoms. The number of aliphatic carboxylic acids is 1. The van der Waals surface area contributed by atoms with E-state index in [9.17, 15) is 19.8 Å². The normalized spacial score (nSPS) is 13.8. The summed E-state index contributed by atoms with van der Waals surface area (Å²) in [6.45, 7) is 2.58. The molecular weight excluding hydrogens is 486 g/mol. The van der Waals surface area contributed by atoms with Crippen molar-refractivity contribution in [2.24, 2.45) is 0 Å². The van der Waals surface area contributed by atoms with Crippen molar-refractivity contribution in [2.45, 2.75) is 74.9 Å². The standard InChI is InChI=1S/C30H43NO5S/c1-23(30(35)36-22-21-31(2)3)37-28(27(32)29(33)34)26-20-14-13-19-25(26)18-12-7-5-4-6-9-15-24-16-10-8-11-17-24/h8,10-11,13-14,16-17,19-20,23,27-28,32H,4-7,9,12,15,18,21-22H2,1-3H3,(H,33,34). The predicted octanol–water partition coefficient (Wildman–Crippen LogP) is 5.53. The van der Waals surface area contributed by atoms with Crippen LogP contribution < -0.4 is 0 Å². The third kappa shape index (κ3) is 11.7. The minimum Gasteiger partial charge on any atom is -0.479 e. The van der Waals surface area contributed by atoms with Gasteiger partial charge in [0.25, 0.3) is 0 Å². The first kappa shape index (κ1) is 30.9. The number of carboxylic acid groups (broad SMARTS) is 1. The topological polar surface area (TPSA) is 87.1 Å². The van der Waals surface area contributed by atoms with Gasteiger partial charge in [0.1, 0.15) is 11.9 Å². The molecule has 0 saturated carbocycles. The number of hydrogen-bond acceptors (Lipinski definition) is 6. The van der Waals surface area contributed by atoms with Gasteiger partial charge in [-0.3, -0.25) is 4.79 Å². The molecule has 0 heterocycles. The van der Waals surface area contributed by atoms with Crippen molar-refractivity contribution >= 4 is 23.7 Å². The number of carbonyl (C=O) groups is 2. The van der Waals surface area contributed by atoms with Crippen LogP contribution in [0.4, 0.5) is 0 Å². The lowest BCUT2D eigenvalue weighted by atomic mass is 9.96. The van der Waals surface area contributed by atoms with Gasteiger partial charge < -0.3 is 19.8 Å².